The van der Waals surface area contributed by atoms with E-state index in [4.69, 9.17) is 20.5 Å². The summed E-state index contributed by atoms with van der Waals surface area (Å²) in [5, 5.41) is 11.2. The van der Waals surface area contributed by atoms with Gasteiger partial charge in [0.15, 0.2) is 5.82 Å². The van der Waals surface area contributed by atoms with Crippen LogP contribution in [-0.4, -0.2) is 40.2 Å². The SMILES string of the molecule is [2H]C([2H])([2H])n1cc(-c2cc(Nc3ncc(Cl)c(Nc4ccc(-c5ccccc5F)cc4P(C)(C)=O)n3)c(OC)cc2C(C)(C)C)cn1. The molecule has 0 radical (unpaired) electrons. The minimum absolute atomic E-state index is 0.184. The summed E-state index contributed by atoms with van der Waals surface area (Å²) in [7, 11) is -1.30. The van der Waals surface area contributed by atoms with Gasteiger partial charge in [-0.15, -0.1) is 0 Å². The monoisotopic (exact) mass is 635 g/mol. The van der Waals surface area contributed by atoms with E-state index in [1.807, 2.05) is 12.1 Å². The summed E-state index contributed by atoms with van der Waals surface area (Å²) in [6, 6.07) is 15.3. The molecule has 0 atom stereocenters. The molecule has 2 aromatic heterocycles. The van der Waals surface area contributed by atoms with Gasteiger partial charge in [0.2, 0.25) is 5.95 Å². The molecule has 2 N–H and O–H groups in total. The third-order valence-corrected chi connectivity index (χ3v) is 8.85. The molecule has 0 saturated heterocycles. The second-order valence-electron chi connectivity index (χ2n) is 11.7. The van der Waals surface area contributed by atoms with E-state index in [0.29, 0.717) is 39.1 Å². The number of hydrogen-bond acceptors (Lipinski definition) is 7. The van der Waals surface area contributed by atoms with Gasteiger partial charge in [0.05, 0.1) is 30.9 Å². The van der Waals surface area contributed by atoms with Crippen molar-refractivity contribution in [1.82, 2.24) is 19.7 Å². The number of aromatic nitrogens is 4. The molecule has 8 nitrogen and oxygen atoms in total. The Morgan fingerprint density at radius 3 is 2.43 bits per heavy atom. The lowest BCUT2D eigenvalue weighted by atomic mass is 9.82. The number of nitrogens with zero attached hydrogens (tertiary/aromatic N) is 4. The minimum Gasteiger partial charge on any atom is -0.495 e. The maximum Gasteiger partial charge on any atom is 0.229 e. The Bertz CT molecular complexity index is 2010. The molecule has 0 spiro atoms. The van der Waals surface area contributed by atoms with Crippen LogP contribution in [0.3, 0.4) is 0 Å². The lowest BCUT2D eigenvalue weighted by Crippen LogP contribution is -2.14. The van der Waals surface area contributed by atoms with Crippen LogP contribution in [0.4, 0.5) is 27.5 Å². The summed E-state index contributed by atoms with van der Waals surface area (Å²) in [6.45, 7) is 7.01. The Hall–Kier alpha value is -4.20. The molecule has 0 saturated carbocycles. The number of ether oxygens (including phenoxy) is 1. The molecule has 11 heteroatoms. The van der Waals surface area contributed by atoms with Gasteiger partial charge in [0.1, 0.15) is 23.7 Å². The molecule has 0 bridgehead atoms. The first-order valence-electron chi connectivity index (χ1n) is 15.2. The van der Waals surface area contributed by atoms with Crippen LogP contribution in [0.2, 0.25) is 5.02 Å². The van der Waals surface area contributed by atoms with Crippen molar-refractivity contribution in [2.75, 3.05) is 31.1 Å². The van der Waals surface area contributed by atoms with Gasteiger partial charge >= 0.3 is 0 Å². The smallest absolute Gasteiger partial charge is 0.229 e. The molecule has 44 heavy (non-hydrogen) atoms. The van der Waals surface area contributed by atoms with E-state index in [1.54, 1.807) is 56.8 Å². The standard InChI is InChI=1S/C33H35ClFN6O2P/c1-33(2,3)24-16-29(43-5)28(15-23(24)21-17-37-41(4)19-21)39-32-36-18-25(34)31(40-32)38-27-13-12-20(14-30(27)44(6,7)42)22-10-8-9-11-26(22)35/h8-19H,1-7H3,(H2,36,38,39,40)/i4D3. The molecule has 0 fully saturated rings. The number of rotatable bonds is 8. The van der Waals surface area contributed by atoms with Gasteiger partial charge in [0.25, 0.3) is 0 Å². The van der Waals surface area contributed by atoms with E-state index in [0.717, 1.165) is 15.8 Å². The number of anilines is 4. The van der Waals surface area contributed by atoms with Crippen LogP contribution in [-0.2, 0) is 17.0 Å². The van der Waals surface area contributed by atoms with Crippen LogP contribution in [0, 0.1) is 5.82 Å². The summed E-state index contributed by atoms with van der Waals surface area (Å²) in [6.07, 6.45) is 4.44. The number of aryl methyl sites for hydroxylation is 1. The quantitative estimate of drug-likeness (QED) is 0.165. The Morgan fingerprint density at radius 2 is 1.77 bits per heavy atom. The van der Waals surface area contributed by atoms with Crippen LogP contribution < -0.4 is 20.7 Å². The summed E-state index contributed by atoms with van der Waals surface area (Å²) in [4.78, 5) is 8.96. The highest BCUT2D eigenvalue weighted by atomic mass is 35.5. The first-order valence-corrected chi connectivity index (χ1v) is 16.7. The van der Waals surface area contributed by atoms with Gasteiger partial charge in [-0.2, -0.15) is 10.1 Å². The largest absolute Gasteiger partial charge is 0.495 e. The highest BCUT2D eigenvalue weighted by Gasteiger charge is 2.24. The van der Waals surface area contributed by atoms with Gasteiger partial charge in [0, 0.05) is 33.7 Å². The molecule has 228 valence electrons. The maximum atomic E-state index is 14.6. The van der Waals surface area contributed by atoms with Gasteiger partial charge in [-0.3, -0.25) is 4.68 Å². The number of halogens is 2. The van der Waals surface area contributed by atoms with E-state index in [9.17, 15) is 8.96 Å². The Balaban J connectivity index is 1.53. The zero-order chi connectivity index (χ0) is 34.3. The molecule has 0 aliphatic carbocycles. The van der Waals surface area contributed by atoms with E-state index >= 15 is 0 Å². The van der Waals surface area contributed by atoms with Crippen LogP contribution >= 0.6 is 18.7 Å². The first kappa shape index (κ1) is 27.4. The van der Waals surface area contributed by atoms with Gasteiger partial charge in [-0.05, 0) is 65.8 Å². The molecule has 0 amide bonds. The lowest BCUT2D eigenvalue weighted by molar-refractivity contribution is 0.415. The van der Waals surface area contributed by atoms with E-state index in [1.165, 1.54) is 24.7 Å². The van der Waals surface area contributed by atoms with Crippen LogP contribution in [0.5, 0.6) is 5.75 Å². The van der Waals surface area contributed by atoms with E-state index in [-0.39, 0.29) is 28.0 Å². The van der Waals surface area contributed by atoms with Crippen molar-refractivity contribution in [3.63, 3.8) is 0 Å². The topological polar surface area (TPSA) is 94.0 Å². The fourth-order valence-corrected chi connectivity index (χ4v) is 6.18. The number of nitrogens with one attached hydrogen (secondary N) is 2. The van der Waals surface area contributed by atoms with Crippen molar-refractivity contribution < 1.29 is 17.8 Å². The zero-order valence-corrected chi connectivity index (χ0v) is 26.9. The van der Waals surface area contributed by atoms with Crippen molar-refractivity contribution in [2.24, 2.45) is 6.98 Å². The van der Waals surface area contributed by atoms with Crippen LogP contribution in [0.15, 0.2) is 73.2 Å². The number of methoxy groups -OCH3 is 1. The predicted octanol–water partition coefficient (Wildman–Crippen LogP) is 8.38. The maximum absolute atomic E-state index is 14.6. The zero-order valence-electron chi connectivity index (χ0n) is 28.2. The third kappa shape index (κ3) is 6.64. The Kier molecular flexibility index (Phi) is 7.50. The molecular formula is C33H35ClFN6O2P. The summed E-state index contributed by atoms with van der Waals surface area (Å²) in [5.74, 6) is 0.570. The van der Waals surface area contributed by atoms with Crippen molar-refractivity contribution in [2.45, 2.75) is 26.2 Å². The molecule has 5 rings (SSSR count). The average Bonchev–Trinajstić information content (AvgIpc) is 3.49. The highest BCUT2D eigenvalue weighted by molar-refractivity contribution is 7.70. The van der Waals surface area contributed by atoms with Gasteiger partial charge in [-0.1, -0.05) is 56.6 Å². The van der Waals surface area contributed by atoms with Crippen LogP contribution in [0.25, 0.3) is 22.3 Å². The lowest BCUT2D eigenvalue weighted by Gasteiger charge is -2.25. The Morgan fingerprint density at radius 1 is 1.00 bits per heavy atom. The normalized spacial score (nSPS) is 13.1. The first-order chi connectivity index (χ1) is 22.0. The molecular weight excluding hydrogens is 598 g/mol. The fourth-order valence-electron chi connectivity index (χ4n) is 4.88. The molecule has 0 aliphatic rings. The average molecular weight is 636 g/mol. The second kappa shape index (κ2) is 12.1. The summed E-state index contributed by atoms with van der Waals surface area (Å²) in [5.41, 5.74) is 3.98. The summed E-state index contributed by atoms with van der Waals surface area (Å²) >= 11 is 6.52. The third-order valence-electron chi connectivity index (χ3n) is 7.05. The van der Waals surface area contributed by atoms with Crippen molar-refractivity contribution in [1.29, 1.82) is 0 Å². The summed E-state index contributed by atoms with van der Waals surface area (Å²) < 4.78 is 57.9. The predicted molar refractivity (Wildman–Crippen MR) is 178 cm³/mol. The van der Waals surface area contributed by atoms with E-state index in [2.05, 4.69) is 46.5 Å². The number of benzene rings is 3. The van der Waals surface area contributed by atoms with Gasteiger partial charge in [-0.25, -0.2) is 9.37 Å². The molecule has 3 aromatic carbocycles. The highest BCUT2D eigenvalue weighted by Crippen LogP contribution is 2.42. The van der Waals surface area contributed by atoms with Crippen molar-refractivity contribution in [3.8, 4) is 28.0 Å². The fraction of sp³-hybridized carbons (Fsp3) is 0.242. The Labute approximate surface area is 266 Å². The molecule has 0 unspecified atom stereocenters. The molecule has 0 aliphatic heterocycles. The van der Waals surface area contributed by atoms with Crippen LogP contribution in [0.1, 0.15) is 30.4 Å². The van der Waals surface area contributed by atoms with Crippen molar-refractivity contribution >= 4 is 47.2 Å². The minimum atomic E-state index is -2.86. The van der Waals surface area contributed by atoms with Gasteiger partial charge < -0.3 is 19.9 Å². The number of hydrogen-bond donors (Lipinski definition) is 2. The molecule has 2 heterocycles. The van der Waals surface area contributed by atoms with Crippen molar-refractivity contribution in [3.05, 3.63) is 89.6 Å². The molecule has 5 aromatic rings. The second-order valence-corrected chi connectivity index (χ2v) is 15.3. The van der Waals surface area contributed by atoms with E-state index < -0.39 is 14.1 Å².